The topological polar surface area (TPSA) is 86.7 Å². The lowest BCUT2D eigenvalue weighted by atomic mass is 10.2. The van der Waals surface area contributed by atoms with Crippen LogP contribution >= 0.6 is 23.2 Å². The molecule has 0 radical (unpaired) electrons. The van der Waals surface area contributed by atoms with Crippen LogP contribution in [0.25, 0.3) is 11.2 Å². The number of fused-ring (bicyclic) bond motifs is 1. The van der Waals surface area contributed by atoms with Gasteiger partial charge in [-0.05, 0) is 29.8 Å². The molecule has 0 aliphatic rings. The molecule has 4 aromatic rings. The summed E-state index contributed by atoms with van der Waals surface area (Å²) in [4.78, 5) is 34.7. The van der Waals surface area contributed by atoms with Gasteiger partial charge >= 0.3 is 5.69 Å². The molecule has 0 saturated heterocycles. The number of aryl methyl sites for hydroxylation is 2. The number of hydrogen-bond acceptors (Lipinski definition) is 5. The maximum absolute atomic E-state index is 13.2. The summed E-state index contributed by atoms with van der Waals surface area (Å²) < 4.78 is 4.16. The fourth-order valence-electron chi connectivity index (χ4n) is 3.23. The maximum Gasteiger partial charge on any atom is 0.332 e. The maximum atomic E-state index is 13.2. The van der Waals surface area contributed by atoms with Gasteiger partial charge in [0.25, 0.3) is 5.56 Å². The third-order valence-corrected chi connectivity index (χ3v) is 5.58. The molecule has 30 heavy (non-hydrogen) atoms. The molecular weight excluding hydrogens is 427 g/mol. The summed E-state index contributed by atoms with van der Waals surface area (Å²) in [5.74, 6) is 0.468. The molecular formula is C20H18Cl2N6O2. The van der Waals surface area contributed by atoms with Crippen molar-refractivity contribution in [3.05, 3.63) is 84.7 Å². The van der Waals surface area contributed by atoms with Crippen molar-refractivity contribution in [1.29, 1.82) is 0 Å². The zero-order valence-electron chi connectivity index (χ0n) is 16.3. The molecule has 0 aliphatic carbocycles. The monoisotopic (exact) mass is 444 g/mol. The van der Waals surface area contributed by atoms with Crippen LogP contribution in [0.1, 0.15) is 11.3 Å². The van der Waals surface area contributed by atoms with Crippen LogP contribution in [0.3, 0.4) is 0 Å². The molecule has 4 rings (SSSR count). The van der Waals surface area contributed by atoms with Crippen LogP contribution < -0.4 is 16.6 Å². The highest BCUT2D eigenvalue weighted by Gasteiger charge is 2.19. The lowest BCUT2D eigenvalue weighted by Crippen LogP contribution is -2.39. The molecule has 0 fully saturated rings. The Hall–Kier alpha value is -3.10. The minimum absolute atomic E-state index is 0.0697. The third kappa shape index (κ3) is 3.59. The van der Waals surface area contributed by atoms with E-state index in [0.717, 1.165) is 10.3 Å². The average Bonchev–Trinajstić information content (AvgIpc) is 3.08. The van der Waals surface area contributed by atoms with Gasteiger partial charge in [-0.15, -0.1) is 0 Å². The molecule has 0 amide bonds. The van der Waals surface area contributed by atoms with Gasteiger partial charge in [-0.3, -0.25) is 18.9 Å². The molecule has 0 aliphatic heterocycles. The second-order valence-corrected chi connectivity index (χ2v) is 7.64. The zero-order valence-corrected chi connectivity index (χ0v) is 17.8. The summed E-state index contributed by atoms with van der Waals surface area (Å²) >= 11 is 12.0. The molecule has 1 aromatic carbocycles. The zero-order chi connectivity index (χ0) is 21.4. The fourth-order valence-corrected chi connectivity index (χ4v) is 3.55. The first-order valence-electron chi connectivity index (χ1n) is 9.10. The van der Waals surface area contributed by atoms with Crippen LogP contribution in [0.15, 0.2) is 52.2 Å². The van der Waals surface area contributed by atoms with E-state index in [0.29, 0.717) is 39.3 Å². The second-order valence-electron chi connectivity index (χ2n) is 6.82. The highest BCUT2D eigenvalue weighted by Crippen LogP contribution is 2.23. The van der Waals surface area contributed by atoms with Gasteiger partial charge in [0.1, 0.15) is 0 Å². The molecule has 3 heterocycles. The predicted octanol–water partition coefficient (Wildman–Crippen LogP) is 2.80. The first-order chi connectivity index (χ1) is 14.4. The van der Waals surface area contributed by atoms with Crippen molar-refractivity contribution in [2.45, 2.75) is 13.1 Å². The largest absolute Gasteiger partial charge is 0.350 e. The highest BCUT2D eigenvalue weighted by atomic mass is 35.5. The summed E-state index contributed by atoms with van der Waals surface area (Å²) in [6.45, 7) is 0.504. The number of hydrogen-bond donors (Lipinski definition) is 1. The standard InChI is InChI=1S/C20H18Cl2N6O2/c1-26-16-17(25-19(26)24-10-13-5-3-4-8-23-13)27(2)20(30)28(18(16)29)11-12-6-7-14(21)15(22)9-12/h3-9H,10-11H2,1-2H3,(H,24,25). The SMILES string of the molecule is Cn1c(NCc2ccccn2)nc2c1c(=O)n(Cc1ccc(Cl)c(Cl)c1)c(=O)n2C. The third-order valence-electron chi connectivity index (χ3n) is 4.84. The smallest absolute Gasteiger partial charge is 0.332 e. The second kappa shape index (κ2) is 7.97. The Balaban J connectivity index is 1.76. The van der Waals surface area contributed by atoms with E-state index in [2.05, 4.69) is 15.3 Å². The first kappa shape index (κ1) is 20.2. The van der Waals surface area contributed by atoms with Crippen LogP contribution in [0.2, 0.25) is 10.0 Å². The summed E-state index contributed by atoms with van der Waals surface area (Å²) in [5.41, 5.74) is 1.25. The van der Waals surface area contributed by atoms with E-state index in [-0.39, 0.29) is 6.54 Å². The van der Waals surface area contributed by atoms with Crippen LogP contribution in [0, 0.1) is 0 Å². The van der Waals surface area contributed by atoms with E-state index in [4.69, 9.17) is 23.2 Å². The van der Waals surface area contributed by atoms with Gasteiger partial charge in [-0.1, -0.05) is 35.3 Å². The number of imidazole rings is 1. The van der Waals surface area contributed by atoms with Gasteiger partial charge in [0.05, 0.1) is 28.8 Å². The number of nitrogens with one attached hydrogen (secondary N) is 1. The average molecular weight is 445 g/mol. The van der Waals surface area contributed by atoms with Gasteiger partial charge in [0.15, 0.2) is 11.2 Å². The number of anilines is 1. The molecule has 0 saturated carbocycles. The van der Waals surface area contributed by atoms with Crippen molar-refractivity contribution in [2.24, 2.45) is 14.1 Å². The van der Waals surface area contributed by atoms with Gasteiger partial charge in [0.2, 0.25) is 5.95 Å². The molecule has 3 aromatic heterocycles. The van der Waals surface area contributed by atoms with E-state index in [9.17, 15) is 9.59 Å². The van der Waals surface area contributed by atoms with Crippen LogP contribution in [-0.4, -0.2) is 23.7 Å². The summed E-state index contributed by atoms with van der Waals surface area (Å²) in [5, 5.41) is 3.94. The molecule has 0 atom stereocenters. The van der Waals surface area contributed by atoms with E-state index >= 15 is 0 Å². The van der Waals surface area contributed by atoms with E-state index in [1.807, 2.05) is 18.2 Å². The number of halogens is 2. The molecule has 8 nitrogen and oxygen atoms in total. The van der Waals surface area contributed by atoms with Crippen LogP contribution in [-0.2, 0) is 27.2 Å². The Labute approximate surface area is 181 Å². The van der Waals surface area contributed by atoms with Gasteiger partial charge in [-0.2, -0.15) is 4.98 Å². The Kier molecular flexibility index (Phi) is 5.36. The summed E-state index contributed by atoms with van der Waals surface area (Å²) in [6.07, 6.45) is 1.71. The number of rotatable bonds is 5. The number of aromatic nitrogens is 5. The minimum atomic E-state index is -0.465. The van der Waals surface area contributed by atoms with E-state index < -0.39 is 11.2 Å². The van der Waals surface area contributed by atoms with Crippen molar-refractivity contribution >= 4 is 40.3 Å². The Bertz CT molecular complexity index is 1360. The van der Waals surface area contributed by atoms with Crippen molar-refractivity contribution in [2.75, 3.05) is 5.32 Å². The minimum Gasteiger partial charge on any atom is -0.350 e. The number of benzene rings is 1. The number of pyridine rings is 1. The van der Waals surface area contributed by atoms with Gasteiger partial charge in [-0.25, -0.2) is 4.79 Å². The van der Waals surface area contributed by atoms with E-state index in [1.165, 1.54) is 4.57 Å². The quantitative estimate of drug-likeness (QED) is 0.511. The molecule has 0 bridgehead atoms. The molecule has 10 heteroatoms. The Morgan fingerprint density at radius 1 is 1.03 bits per heavy atom. The van der Waals surface area contributed by atoms with Crippen molar-refractivity contribution in [3.8, 4) is 0 Å². The predicted molar refractivity (Wildman–Crippen MR) is 117 cm³/mol. The summed E-state index contributed by atoms with van der Waals surface area (Å²) in [7, 11) is 3.32. The van der Waals surface area contributed by atoms with E-state index in [1.54, 1.807) is 43.1 Å². The molecule has 1 N–H and O–H groups in total. The van der Waals surface area contributed by atoms with Crippen LogP contribution in [0.5, 0.6) is 0 Å². The van der Waals surface area contributed by atoms with Crippen molar-refractivity contribution in [1.82, 2.24) is 23.7 Å². The van der Waals surface area contributed by atoms with Crippen molar-refractivity contribution < 1.29 is 0 Å². The van der Waals surface area contributed by atoms with Crippen molar-refractivity contribution in [3.63, 3.8) is 0 Å². The first-order valence-corrected chi connectivity index (χ1v) is 9.86. The lowest BCUT2D eigenvalue weighted by Gasteiger charge is -2.09. The lowest BCUT2D eigenvalue weighted by molar-refractivity contribution is 0.655. The van der Waals surface area contributed by atoms with Crippen LogP contribution in [0.4, 0.5) is 5.95 Å². The fraction of sp³-hybridized carbons (Fsp3) is 0.200. The highest BCUT2D eigenvalue weighted by molar-refractivity contribution is 6.42. The normalized spacial score (nSPS) is 11.2. The Morgan fingerprint density at radius 2 is 1.83 bits per heavy atom. The molecule has 154 valence electrons. The molecule has 0 spiro atoms. The summed E-state index contributed by atoms with van der Waals surface area (Å²) in [6, 6.07) is 10.6. The Morgan fingerprint density at radius 3 is 2.53 bits per heavy atom. The number of nitrogens with zero attached hydrogens (tertiary/aromatic N) is 5. The molecule has 0 unspecified atom stereocenters. The van der Waals surface area contributed by atoms with Gasteiger partial charge < -0.3 is 9.88 Å². The van der Waals surface area contributed by atoms with Gasteiger partial charge in [0, 0.05) is 20.3 Å².